The lowest BCUT2D eigenvalue weighted by Gasteiger charge is -2.36. The van der Waals surface area contributed by atoms with Crippen molar-refractivity contribution in [2.75, 3.05) is 20.2 Å². The number of nitrogens with zero attached hydrogens (tertiary/aromatic N) is 1. The summed E-state index contributed by atoms with van der Waals surface area (Å²) >= 11 is 0. The average Bonchev–Trinajstić information content (AvgIpc) is 3.19. The third-order valence-corrected chi connectivity index (χ3v) is 6.50. The monoisotopic (exact) mass is 420 g/mol. The van der Waals surface area contributed by atoms with Gasteiger partial charge in [0.2, 0.25) is 5.91 Å². The number of methoxy groups -OCH3 is 1. The quantitative estimate of drug-likeness (QED) is 0.785. The van der Waals surface area contributed by atoms with E-state index in [0.29, 0.717) is 18.0 Å². The number of rotatable bonds is 4. The van der Waals surface area contributed by atoms with Crippen LogP contribution in [0.5, 0.6) is 5.75 Å². The first-order valence-corrected chi connectivity index (χ1v) is 10.5. The highest BCUT2D eigenvalue weighted by Gasteiger charge is 2.49. The minimum atomic E-state index is -4.35. The number of hydrogen-bond donors (Lipinski definition) is 1. The maximum atomic E-state index is 13.9. The molecule has 1 aliphatic carbocycles. The number of alkyl halides is 3. The summed E-state index contributed by atoms with van der Waals surface area (Å²) in [6.45, 7) is 1.31. The molecule has 4 atom stereocenters. The van der Waals surface area contributed by atoms with Gasteiger partial charge in [-0.2, -0.15) is 13.2 Å². The second kappa shape index (κ2) is 8.46. The number of carbonyl (C=O) groups excluding carboxylic acids is 1. The Morgan fingerprint density at radius 3 is 2.63 bits per heavy atom. The fraction of sp³-hybridized carbons (Fsp3) is 0.522. The Labute approximate surface area is 174 Å². The molecule has 1 N–H and O–H groups in total. The van der Waals surface area contributed by atoms with E-state index >= 15 is 0 Å². The molecule has 1 aromatic carbocycles. The first-order chi connectivity index (χ1) is 14.4. The third kappa shape index (κ3) is 4.26. The minimum Gasteiger partial charge on any atom is -0.497 e. The standard InChI is InChI=1S/C23H27F3N2O2/c1-30-18-9-7-15(8-10-18)16-12-19-20(23(24,25)26)5-2-6-21(19)28(22(29)13-16)14-17-4-3-11-27-17/h2,5-10,16-17,19-20,27H,3-4,11-14H2,1H3. The first-order valence-electron chi connectivity index (χ1n) is 10.5. The Bertz CT molecular complexity index is 826. The summed E-state index contributed by atoms with van der Waals surface area (Å²) in [7, 11) is 1.57. The summed E-state index contributed by atoms with van der Waals surface area (Å²) in [5.41, 5.74) is 1.38. The molecule has 0 spiro atoms. The Kier molecular flexibility index (Phi) is 5.91. The SMILES string of the molecule is COc1ccc(C2CC(=O)N(CC3CCCN3)C3=CC=CC(C(F)(F)F)C3C2)cc1. The van der Waals surface area contributed by atoms with E-state index in [1.54, 1.807) is 30.2 Å². The Morgan fingerprint density at radius 2 is 2.00 bits per heavy atom. The zero-order valence-corrected chi connectivity index (χ0v) is 17.0. The number of hydrogen-bond acceptors (Lipinski definition) is 3. The molecule has 2 fully saturated rings. The van der Waals surface area contributed by atoms with Gasteiger partial charge in [-0.1, -0.05) is 24.3 Å². The van der Waals surface area contributed by atoms with E-state index in [4.69, 9.17) is 4.74 Å². The van der Waals surface area contributed by atoms with Crippen LogP contribution in [0.1, 0.15) is 37.2 Å². The van der Waals surface area contributed by atoms with E-state index in [2.05, 4.69) is 5.32 Å². The number of nitrogens with one attached hydrogen (secondary N) is 1. The van der Waals surface area contributed by atoms with Gasteiger partial charge in [0.25, 0.3) is 0 Å². The number of amides is 1. The van der Waals surface area contributed by atoms with Crippen LogP contribution in [0.3, 0.4) is 0 Å². The smallest absolute Gasteiger partial charge is 0.395 e. The summed E-state index contributed by atoms with van der Waals surface area (Å²) in [6.07, 6.45) is 2.49. The van der Waals surface area contributed by atoms with Crippen LogP contribution in [-0.4, -0.2) is 43.2 Å². The molecule has 1 aromatic rings. The van der Waals surface area contributed by atoms with Gasteiger partial charge in [0.15, 0.2) is 0 Å². The number of halogens is 3. The van der Waals surface area contributed by atoms with Crippen molar-refractivity contribution in [2.24, 2.45) is 11.8 Å². The fourth-order valence-electron chi connectivity index (χ4n) is 4.94. The van der Waals surface area contributed by atoms with Crippen molar-refractivity contribution >= 4 is 5.91 Å². The molecule has 1 amide bonds. The van der Waals surface area contributed by atoms with Crippen molar-refractivity contribution in [3.8, 4) is 5.75 Å². The summed E-state index contributed by atoms with van der Waals surface area (Å²) in [4.78, 5) is 14.9. The molecule has 4 unspecified atom stereocenters. The van der Waals surface area contributed by atoms with Gasteiger partial charge in [-0.3, -0.25) is 4.79 Å². The molecule has 0 bridgehead atoms. The molecular formula is C23H27F3N2O2. The van der Waals surface area contributed by atoms with Crippen molar-refractivity contribution in [2.45, 2.75) is 43.8 Å². The molecule has 2 saturated heterocycles. The zero-order valence-electron chi connectivity index (χ0n) is 17.0. The van der Waals surface area contributed by atoms with E-state index in [1.807, 2.05) is 12.1 Å². The largest absolute Gasteiger partial charge is 0.497 e. The summed E-state index contributed by atoms with van der Waals surface area (Å²) in [6, 6.07) is 7.43. The third-order valence-electron chi connectivity index (χ3n) is 6.50. The van der Waals surface area contributed by atoms with Gasteiger partial charge in [0.05, 0.1) is 13.0 Å². The molecular weight excluding hydrogens is 393 g/mol. The van der Waals surface area contributed by atoms with Crippen molar-refractivity contribution in [3.05, 3.63) is 53.8 Å². The van der Waals surface area contributed by atoms with Gasteiger partial charge < -0.3 is 15.0 Å². The van der Waals surface area contributed by atoms with Crippen LogP contribution in [0.2, 0.25) is 0 Å². The molecule has 2 aliphatic heterocycles. The van der Waals surface area contributed by atoms with E-state index < -0.39 is 18.0 Å². The van der Waals surface area contributed by atoms with Crippen LogP contribution in [0.15, 0.2) is 48.2 Å². The molecule has 0 aromatic heterocycles. The number of carbonyl (C=O) groups is 1. The van der Waals surface area contributed by atoms with Crippen LogP contribution in [-0.2, 0) is 4.79 Å². The lowest BCUT2D eigenvalue weighted by Crippen LogP contribution is -2.43. The highest BCUT2D eigenvalue weighted by atomic mass is 19.4. The number of fused-ring (bicyclic) bond motifs is 1. The average molecular weight is 420 g/mol. The molecule has 30 heavy (non-hydrogen) atoms. The zero-order chi connectivity index (χ0) is 21.3. The highest BCUT2D eigenvalue weighted by Crippen LogP contribution is 2.47. The van der Waals surface area contributed by atoms with E-state index in [9.17, 15) is 18.0 Å². The molecule has 162 valence electrons. The minimum absolute atomic E-state index is 0.102. The van der Waals surface area contributed by atoms with Crippen LogP contribution >= 0.6 is 0 Å². The van der Waals surface area contributed by atoms with Gasteiger partial charge in [-0.25, -0.2) is 0 Å². The van der Waals surface area contributed by atoms with Crippen molar-refractivity contribution in [1.29, 1.82) is 0 Å². The van der Waals surface area contributed by atoms with Crippen LogP contribution in [0.25, 0.3) is 0 Å². The van der Waals surface area contributed by atoms with Gasteiger partial charge in [-0.05, 0) is 55.5 Å². The fourth-order valence-corrected chi connectivity index (χ4v) is 4.94. The number of allylic oxidation sites excluding steroid dienone is 4. The molecule has 0 saturated carbocycles. The second-order valence-corrected chi connectivity index (χ2v) is 8.36. The lowest BCUT2D eigenvalue weighted by atomic mass is 9.77. The number of benzene rings is 1. The highest BCUT2D eigenvalue weighted by molar-refractivity contribution is 5.80. The van der Waals surface area contributed by atoms with Crippen LogP contribution < -0.4 is 10.1 Å². The Balaban J connectivity index is 1.68. The van der Waals surface area contributed by atoms with E-state index in [0.717, 1.165) is 24.9 Å². The Morgan fingerprint density at radius 1 is 1.23 bits per heavy atom. The van der Waals surface area contributed by atoms with E-state index in [-0.39, 0.29) is 30.7 Å². The van der Waals surface area contributed by atoms with E-state index in [1.165, 1.54) is 12.2 Å². The Hall–Kier alpha value is -2.28. The van der Waals surface area contributed by atoms with Gasteiger partial charge >= 0.3 is 6.18 Å². The van der Waals surface area contributed by atoms with Gasteiger partial charge in [-0.15, -0.1) is 0 Å². The number of ether oxygens (including phenoxy) is 1. The maximum Gasteiger partial charge on any atom is 0.395 e. The summed E-state index contributed by atoms with van der Waals surface area (Å²) in [5, 5.41) is 3.36. The lowest BCUT2D eigenvalue weighted by molar-refractivity contribution is -0.173. The molecule has 2 heterocycles. The van der Waals surface area contributed by atoms with Gasteiger partial charge in [0.1, 0.15) is 5.75 Å². The summed E-state index contributed by atoms with van der Waals surface area (Å²) < 4.78 is 46.9. The van der Waals surface area contributed by atoms with Gasteiger partial charge in [0, 0.05) is 30.6 Å². The second-order valence-electron chi connectivity index (χ2n) is 8.36. The predicted molar refractivity (Wildman–Crippen MR) is 108 cm³/mol. The predicted octanol–water partition coefficient (Wildman–Crippen LogP) is 4.40. The summed E-state index contributed by atoms with van der Waals surface area (Å²) in [5.74, 6) is -2.04. The van der Waals surface area contributed by atoms with Crippen molar-refractivity contribution in [3.63, 3.8) is 0 Å². The normalized spacial score (nSPS) is 29.4. The molecule has 7 heteroatoms. The first kappa shape index (κ1) is 21.0. The molecule has 3 aliphatic rings. The molecule has 0 radical (unpaired) electrons. The van der Waals surface area contributed by atoms with Crippen molar-refractivity contribution < 1.29 is 22.7 Å². The van der Waals surface area contributed by atoms with Crippen molar-refractivity contribution in [1.82, 2.24) is 10.2 Å². The molecule has 4 nitrogen and oxygen atoms in total. The van der Waals surface area contributed by atoms with Crippen LogP contribution in [0.4, 0.5) is 13.2 Å². The maximum absolute atomic E-state index is 13.9. The topological polar surface area (TPSA) is 41.6 Å². The number of likely N-dealkylation sites (tertiary alicyclic amines) is 1. The van der Waals surface area contributed by atoms with Crippen LogP contribution in [0, 0.1) is 11.8 Å². The molecule has 4 rings (SSSR count).